The number of halogens is 1. The molecule has 112 valence electrons. The van der Waals surface area contributed by atoms with Gasteiger partial charge in [-0.05, 0) is 25.1 Å². The zero-order chi connectivity index (χ0) is 15.1. The van der Waals surface area contributed by atoms with Gasteiger partial charge in [0, 0.05) is 18.8 Å². The fourth-order valence-corrected chi connectivity index (χ4v) is 1.79. The van der Waals surface area contributed by atoms with Crippen molar-refractivity contribution < 1.29 is 19.4 Å². The molecule has 1 rings (SSSR count). The largest absolute Gasteiger partial charge is 0.396 e. The van der Waals surface area contributed by atoms with E-state index >= 15 is 0 Å². The van der Waals surface area contributed by atoms with Crippen LogP contribution in [-0.2, 0) is 4.79 Å². The van der Waals surface area contributed by atoms with E-state index in [0.29, 0.717) is 5.69 Å². The third-order valence-corrected chi connectivity index (χ3v) is 2.97. The highest BCUT2D eigenvalue weighted by molar-refractivity contribution is 5.94. The van der Waals surface area contributed by atoms with Gasteiger partial charge in [0.1, 0.15) is 5.82 Å². The molecule has 1 atom stereocenters. The summed E-state index contributed by atoms with van der Waals surface area (Å²) in [5, 5.41) is 20.5. The van der Waals surface area contributed by atoms with Gasteiger partial charge >= 0.3 is 0 Å². The standard InChI is InChI=1S/C13H20FN3O3/c1-9(17(4-6-18)5-7-19)13(20)16-10-2-3-11(14)12(15)8-10/h2-3,8-9,18-19H,4-7,15H2,1H3,(H,16,20). The van der Waals surface area contributed by atoms with Gasteiger partial charge in [-0.1, -0.05) is 0 Å². The van der Waals surface area contributed by atoms with Crippen LogP contribution in [0.3, 0.4) is 0 Å². The van der Waals surface area contributed by atoms with Crippen LogP contribution >= 0.6 is 0 Å². The van der Waals surface area contributed by atoms with E-state index in [9.17, 15) is 9.18 Å². The maximum atomic E-state index is 13.0. The number of nitrogens with two attached hydrogens (primary N) is 1. The highest BCUT2D eigenvalue weighted by atomic mass is 19.1. The highest BCUT2D eigenvalue weighted by Gasteiger charge is 2.20. The monoisotopic (exact) mass is 285 g/mol. The summed E-state index contributed by atoms with van der Waals surface area (Å²) in [5.41, 5.74) is 5.78. The Morgan fingerprint density at radius 3 is 2.50 bits per heavy atom. The number of nitrogens with zero attached hydrogens (tertiary/aromatic N) is 1. The number of rotatable bonds is 7. The van der Waals surface area contributed by atoms with Crippen molar-refractivity contribution in [3.05, 3.63) is 24.0 Å². The topological polar surface area (TPSA) is 98.8 Å². The number of nitrogens with one attached hydrogen (secondary N) is 1. The Kier molecular flexibility index (Phi) is 6.37. The molecule has 1 aromatic carbocycles. The zero-order valence-electron chi connectivity index (χ0n) is 11.3. The second-order valence-electron chi connectivity index (χ2n) is 4.38. The van der Waals surface area contributed by atoms with E-state index in [4.69, 9.17) is 15.9 Å². The van der Waals surface area contributed by atoms with E-state index in [2.05, 4.69) is 5.32 Å². The van der Waals surface area contributed by atoms with Crippen molar-refractivity contribution >= 4 is 17.3 Å². The number of hydrogen-bond donors (Lipinski definition) is 4. The van der Waals surface area contributed by atoms with Crippen molar-refractivity contribution in [2.24, 2.45) is 0 Å². The van der Waals surface area contributed by atoms with E-state index in [1.165, 1.54) is 18.2 Å². The lowest BCUT2D eigenvalue weighted by Gasteiger charge is -2.26. The van der Waals surface area contributed by atoms with Crippen LogP contribution in [0, 0.1) is 5.82 Å². The molecule has 5 N–H and O–H groups in total. The smallest absolute Gasteiger partial charge is 0.241 e. The number of amides is 1. The molecule has 0 saturated heterocycles. The Hall–Kier alpha value is -1.70. The molecule has 0 spiro atoms. The van der Waals surface area contributed by atoms with Crippen molar-refractivity contribution in [2.45, 2.75) is 13.0 Å². The first-order valence-corrected chi connectivity index (χ1v) is 6.31. The van der Waals surface area contributed by atoms with E-state index < -0.39 is 11.9 Å². The van der Waals surface area contributed by atoms with E-state index in [1.807, 2.05) is 0 Å². The van der Waals surface area contributed by atoms with Gasteiger partial charge in [0.2, 0.25) is 5.91 Å². The number of aliphatic hydroxyl groups excluding tert-OH is 2. The summed E-state index contributed by atoms with van der Waals surface area (Å²) in [7, 11) is 0. The predicted octanol–water partition coefficient (Wildman–Crippen LogP) is 0.0215. The minimum Gasteiger partial charge on any atom is -0.396 e. The van der Waals surface area contributed by atoms with E-state index in [-0.39, 0.29) is 37.9 Å². The summed E-state index contributed by atoms with van der Waals surface area (Å²) in [6, 6.07) is 3.39. The summed E-state index contributed by atoms with van der Waals surface area (Å²) >= 11 is 0. The second kappa shape index (κ2) is 7.78. The van der Waals surface area contributed by atoms with Crippen LogP contribution in [0.1, 0.15) is 6.92 Å². The minimum atomic E-state index is -0.543. The maximum Gasteiger partial charge on any atom is 0.241 e. The van der Waals surface area contributed by atoms with Crippen molar-refractivity contribution in [1.29, 1.82) is 0 Å². The normalized spacial score (nSPS) is 12.4. The lowest BCUT2D eigenvalue weighted by Crippen LogP contribution is -2.44. The molecule has 0 radical (unpaired) electrons. The SMILES string of the molecule is CC(C(=O)Nc1ccc(F)c(N)c1)N(CCO)CCO. The molecule has 0 aromatic heterocycles. The number of nitrogen functional groups attached to an aromatic ring is 1. The zero-order valence-corrected chi connectivity index (χ0v) is 11.3. The van der Waals surface area contributed by atoms with Gasteiger partial charge in [0.15, 0.2) is 0 Å². The third-order valence-electron chi connectivity index (χ3n) is 2.97. The maximum absolute atomic E-state index is 13.0. The number of anilines is 2. The number of hydrogen-bond acceptors (Lipinski definition) is 5. The molecule has 0 heterocycles. The molecule has 1 amide bonds. The number of carbonyl (C=O) groups is 1. The van der Waals surface area contributed by atoms with E-state index in [1.54, 1.807) is 11.8 Å². The Labute approximate surface area is 117 Å². The molecule has 6 nitrogen and oxygen atoms in total. The molecule has 0 aliphatic carbocycles. The lowest BCUT2D eigenvalue weighted by molar-refractivity contribution is -0.121. The first kappa shape index (κ1) is 16.4. The third kappa shape index (κ3) is 4.44. The van der Waals surface area contributed by atoms with Gasteiger partial charge < -0.3 is 21.3 Å². The summed E-state index contributed by atoms with van der Waals surface area (Å²) in [6.07, 6.45) is 0. The molecule has 20 heavy (non-hydrogen) atoms. The van der Waals surface area contributed by atoms with Gasteiger partial charge in [0.05, 0.1) is 24.9 Å². The fraction of sp³-hybridized carbons (Fsp3) is 0.462. The summed E-state index contributed by atoms with van der Waals surface area (Å²) < 4.78 is 13.0. The van der Waals surface area contributed by atoms with Crippen LogP contribution in [0.5, 0.6) is 0 Å². The first-order valence-electron chi connectivity index (χ1n) is 6.31. The molecule has 0 bridgehead atoms. The number of benzene rings is 1. The van der Waals surface area contributed by atoms with Crippen LogP contribution in [0.2, 0.25) is 0 Å². The molecular weight excluding hydrogens is 265 g/mol. The van der Waals surface area contributed by atoms with Crippen LogP contribution in [-0.4, -0.2) is 53.4 Å². The minimum absolute atomic E-state index is 0.0435. The number of aliphatic hydroxyl groups is 2. The molecule has 1 unspecified atom stereocenters. The average molecular weight is 285 g/mol. The lowest BCUT2D eigenvalue weighted by atomic mass is 10.2. The Bertz CT molecular complexity index is 450. The highest BCUT2D eigenvalue weighted by Crippen LogP contribution is 2.16. The predicted molar refractivity (Wildman–Crippen MR) is 74.6 cm³/mol. The molecule has 1 aromatic rings. The van der Waals surface area contributed by atoms with Crippen LogP contribution < -0.4 is 11.1 Å². The van der Waals surface area contributed by atoms with Crippen molar-refractivity contribution in [3.8, 4) is 0 Å². The van der Waals surface area contributed by atoms with Crippen molar-refractivity contribution in [1.82, 2.24) is 4.90 Å². The average Bonchev–Trinajstić information content (AvgIpc) is 2.42. The fourth-order valence-electron chi connectivity index (χ4n) is 1.79. The molecule has 0 fully saturated rings. The van der Waals surface area contributed by atoms with Gasteiger partial charge in [0.25, 0.3) is 0 Å². The molecule has 0 aliphatic heterocycles. The van der Waals surface area contributed by atoms with Gasteiger partial charge in [-0.15, -0.1) is 0 Å². The van der Waals surface area contributed by atoms with Gasteiger partial charge in [-0.2, -0.15) is 0 Å². The number of carbonyl (C=O) groups excluding carboxylic acids is 1. The van der Waals surface area contributed by atoms with Gasteiger partial charge in [-0.3, -0.25) is 9.69 Å². The van der Waals surface area contributed by atoms with Crippen molar-refractivity contribution in [3.63, 3.8) is 0 Å². The second-order valence-corrected chi connectivity index (χ2v) is 4.38. The molecule has 0 saturated carbocycles. The molecule has 7 heteroatoms. The molecular formula is C13H20FN3O3. The Morgan fingerprint density at radius 1 is 1.40 bits per heavy atom. The Morgan fingerprint density at radius 2 is 2.00 bits per heavy atom. The summed E-state index contributed by atoms with van der Waals surface area (Å²) in [5.74, 6) is -0.865. The van der Waals surface area contributed by atoms with Crippen molar-refractivity contribution in [2.75, 3.05) is 37.4 Å². The van der Waals surface area contributed by atoms with Crippen LogP contribution in [0.4, 0.5) is 15.8 Å². The quantitative estimate of drug-likeness (QED) is 0.529. The first-order chi connectivity index (χ1) is 9.49. The van der Waals surface area contributed by atoms with Gasteiger partial charge in [-0.25, -0.2) is 4.39 Å². The summed E-state index contributed by atoms with van der Waals surface area (Å²) in [4.78, 5) is 13.7. The summed E-state index contributed by atoms with van der Waals surface area (Å²) in [6.45, 7) is 2.00. The van der Waals surface area contributed by atoms with Crippen LogP contribution in [0.25, 0.3) is 0 Å². The molecule has 0 aliphatic rings. The van der Waals surface area contributed by atoms with Crippen LogP contribution in [0.15, 0.2) is 18.2 Å². The Balaban J connectivity index is 2.70. The van der Waals surface area contributed by atoms with E-state index in [0.717, 1.165) is 0 Å².